The van der Waals surface area contributed by atoms with Crippen LogP contribution in [0, 0.1) is 5.92 Å². The zero-order valence-corrected chi connectivity index (χ0v) is 14.3. The first-order valence-electron chi connectivity index (χ1n) is 8.59. The van der Waals surface area contributed by atoms with Crippen molar-refractivity contribution < 1.29 is 0 Å². The van der Waals surface area contributed by atoms with Crippen LogP contribution in [0.5, 0.6) is 0 Å². The van der Waals surface area contributed by atoms with E-state index in [1.165, 1.54) is 16.8 Å². The number of benzene rings is 1. The molecule has 0 spiro atoms. The van der Waals surface area contributed by atoms with Crippen LogP contribution in [0.4, 0.5) is 0 Å². The number of nitrogens with zero attached hydrogens (tertiary/aromatic N) is 4. The smallest absolute Gasteiger partial charge is 0.116 e. The van der Waals surface area contributed by atoms with Gasteiger partial charge in [-0.1, -0.05) is 31.2 Å². The van der Waals surface area contributed by atoms with E-state index in [1.807, 2.05) is 30.6 Å². The first-order chi connectivity index (χ1) is 12.2. The van der Waals surface area contributed by atoms with Crippen LogP contribution in [-0.4, -0.2) is 19.5 Å². The van der Waals surface area contributed by atoms with E-state index >= 15 is 0 Å². The second kappa shape index (κ2) is 5.24. The molecular weight excluding hydrogens is 308 g/mol. The van der Waals surface area contributed by atoms with Gasteiger partial charge < -0.3 is 4.57 Å². The Kier molecular flexibility index (Phi) is 3.01. The van der Waals surface area contributed by atoms with Gasteiger partial charge in [-0.15, -0.1) is 0 Å². The highest BCUT2D eigenvalue weighted by atomic mass is 15.0. The van der Waals surface area contributed by atoms with Crippen molar-refractivity contribution in [2.75, 3.05) is 0 Å². The van der Waals surface area contributed by atoms with Crippen LogP contribution < -0.4 is 0 Å². The fraction of sp³-hybridized carbons (Fsp3) is 0.190. The minimum Gasteiger partial charge on any atom is -0.305 e. The molecule has 1 aliphatic rings. The molecule has 1 aliphatic carbocycles. The lowest BCUT2D eigenvalue weighted by Crippen LogP contribution is -2.09. The molecule has 4 nitrogen and oxygen atoms in total. The molecule has 1 unspecified atom stereocenters. The summed E-state index contributed by atoms with van der Waals surface area (Å²) in [6.45, 7) is 4.44. The molecule has 0 saturated heterocycles. The van der Waals surface area contributed by atoms with E-state index < -0.39 is 0 Å². The van der Waals surface area contributed by atoms with Crippen LogP contribution in [0.15, 0.2) is 55.1 Å². The zero-order chi connectivity index (χ0) is 17.0. The summed E-state index contributed by atoms with van der Waals surface area (Å²) < 4.78 is 2.27. The molecule has 0 aliphatic heterocycles. The van der Waals surface area contributed by atoms with Gasteiger partial charge in [-0.2, -0.15) is 0 Å². The largest absolute Gasteiger partial charge is 0.305 e. The minimum absolute atomic E-state index is 0.524. The number of hydrogen-bond acceptors (Lipinski definition) is 3. The standard InChI is InChI=1S/C21H18N4/c1-13-7-14(2)21-17(8-13)20-19(11-22-12-24-20)25(21)16-9-15-5-3-4-6-18(15)23-10-16/h3-7,9-13H,8H2,1-2H3. The zero-order valence-electron chi connectivity index (χ0n) is 14.3. The minimum atomic E-state index is 0.524. The van der Waals surface area contributed by atoms with Crippen molar-refractivity contribution in [1.82, 2.24) is 19.5 Å². The second-order valence-corrected chi connectivity index (χ2v) is 6.84. The third-order valence-electron chi connectivity index (χ3n) is 5.00. The molecule has 0 saturated carbocycles. The summed E-state index contributed by atoms with van der Waals surface area (Å²) in [6.07, 6.45) is 8.85. The molecule has 1 aromatic carbocycles. The summed E-state index contributed by atoms with van der Waals surface area (Å²) in [5.41, 5.74) is 8.02. The van der Waals surface area contributed by atoms with E-state index in [1.54, 1.807) is 6.33 Å². The number of fused-ring (bicyclic) bond motifs is 4. The summed E-state index contributed by atoms with van der Waals surface area (Å²) >= 11 is 0. The van der Waals surface area contributed by atoms with Crippen LogP contribution >= 0.6 is 0 Å². The fourth-order valence-corrected chi connectivity index (χ4v) is 4.03. The van der Waals surface area contributed by atoms with Gasteiger partial charge in [-0.25, -0.2) is 9.97 Å². The number of pyridine rings is 1. The molecule has 122 valence electrons. The van der Waals surface area contributed by atoms with Crippen LogP contribution in [0.25, 0.3) is 33.2 Å². The van der Waals surface area contributed by atoms with Gasteiger partial charge in [0.25, 0.3) is 0 Å². The Morgan fingerprint density at radius 1 is 1.12 bits per heavy atom. The first-order valence-corrected chi connectivity index (χ1v) is 8.59. The predicted molar refractivity (Wildman–Crippen MR) is 101 cm³/mol. The molecule has 5 rings (SSSR count). The molecule has 1 atom stereocenters. The predicted octanol–water partition coefficient (Wildman–Crippen LogP) is 4.56. The fourth-order valence-electron chi connectivity index (χ4n) is 4.03. The van der Waals surface area contributed by atoms with E-state index in [2.05, 4.69) is 51.6 Å². The normalized spacial score (nSPS) is 16.9. The third kappa shape index (κ3) is 2.10. The summed E-state index contributed by atoms with van der Waals surface area (Å²) in [5.74, 6) is 0.524. The third-order valence-corrected chi connectivity index (χ3v) is 5.00. The summed E-state index contributed by atoms with van der Waals surface area (Å²) in [6, 6.07) is 10.4. The van der Waals surface area contributed by atoms with E-state index in [-0.39, 0.29) is 0 Å². The molecule has 0 fully saturated rings. The number of rotatable bonds is 1. The maximum atomic E-state index is 4.65. The van der Waals surface area contributed by atoms with Gasteiger partial charge in [-0.3, -0.25) is 4.98 Å². The molecule has 4 heteroatoms. The Hall–Kier alpha value is -3.01. The van der Waals surface area contributed by atoms with Gasteiger partial charge >= 0.3 is 0 Å². The SMILES string of the molecule is CC1=CC(C)Cc2c1n(-c1cnc3ccccc3c1)c1cncnc21. The average molecular weight is 326 g/mol. The number of allylic oxidation sites excluding steroid dienone is 2. The van der Waals surface area contributed by atoms with Crippen molar-refractivity contribution in [3.05, 3.63) is 66.4 Å². The molecular formula is C21H18N4. The monoisotopic (exact) mass is 326 g/mol. The Balaban J connectivity index is 1.87. The summed E-state index contributed by atoms with van der Waals surface area (Å²) in [7, 11) is 0. The molecule has 0 bridgehead atoms. The molecule has 25 heavy (non-hydrogen) atoms. The van der Waals surface area contributed by atoms with E-state index in [0.717, 1.165) is 34.0 Å². The number of aromatic nitrogens is 4. The maximum Gasteiger partial charge on any atom is 0.116 e. The highest BCUT2D eigenvalue weighted by Gasteiger charge is 2.25. The topological polar surface area (TPSA) is 43.6 Å². The van der Waals surface area contributed by atoms with Gasteiger partial charge in [0, 0.05) is 10.9 Å². The highest BCUT2D eigenvalue weighted by Crippen LogP contribution is 2.37. The van der Waals surface area contributed by atoms with Crippen molar-refractivity contribution in [3.8, 4) is 5.69 Å². The molecule has 3 heterocycles. The van der Waals surface area contributed by atoms with Gasteiger partial charge in [0.15, 0.2) is 0 Å². The molecule has 4 aromatic rings. The second-order valence-electron chi connectivity index (χ2n) is 6.84. The number of hydrogen-bond donors (Lipinski definition) is 0. The number of para-hydroxylation sites is 1. The average Bonchev–Trinajstić information content (AvgIpc) is 2.96. The van der Waals surface area contributed by atoms with Crippen molar-refractivity contribution in [2.24, 2.45) is 5.92 Å². The molecule has 0 amide bonds. The summed E-state index contributed by atoms with van der Waals surface area (Å²) in [4.78, 5) is 13.5. The van der Waals surface area contributed by atoms with E-state index in [4.69, 9.17) is 0 Å². The quantitative estimate of drug-likeness (QED) is 0.515. The lowest BCUT2D eigenvalue weighted by atomic mass is 9.90. The maximum absolute atomic E-state index is 4.65. The lowest BCUT2D eigenvalue weighted by Gasteiger charge is -2.19. The van der Waals surface area contributed by atoms with Gasteiger partial charge in [-0.05, 0) is 37.0 Å². The van der Waals surface area contributed by atoms with E-state index in [9.17, 15) is 0 Å². The Morgan fingerprint density at radius 2 is 2.00 bits per heavy atom. The first kappa shape index (κ1) is 14.3. The lowest BCUT2D eigenvalue weighted by molar-refractivity contribution is 0.711. The van der Waals surface area contributed by atoms with Crippen LogP contribution in [0.1, 0.15) is 25.1 Å². The molecule has 0 N–H and O–H groups in total. The van der Waals surface area contributed by atoms with Crippen LogP contribution in [0.3, 0.4) is 0 Å². The van der Waals surface area contributed by atoms with Crippen molar-refractivity contribution in [1.29, 1.82) is 0 Å². The highest BCUT2D eigenvalue weighted by molar-refractivity contribution is 5.90. The Morgan fingerprint density at radius 3 is 2.92 bits per heavy atom. The van der Waals surface area contributed by atoms with Crippen molar-refractivity contribution in [2.45, 2.75) is 20.3 Å². The van der Waals surface area contributed by atoms with Gasteiger partial charge in [0.05, 0.1) is 40.3 Å². The Labute approximate surface area is 145 Å². The van der Waals surface area contributed by atoms with Gasteiger partial charge in [0.2, 0.25) is 0 Å². The van der Waals surface area contributed by atoms with Crippen LogP contribution in [0.2, 0.25) is 0 Å². The van der Waals surface area contributed by atoms with Crippen LogP contribution in [-0.2, 0) is 6.42 Å². The summed E-state index contributed by atoms with van der Waals surface area (Å²) in [5, 5.41) is 1.14. The van der Waals surface area contributed by atoms with Crippen molar-refractivity contribution >= 4 is 27.5 Å². The van der Waals surface area contributed by atoms with Crippen molar-refractivity contribution in [3.63, 3.8) is 0 Å². The molecule has 0 radical (unpaired) electrons. The molecule has 3 aromatic heterocycles. The van der Waals surface area contributed by atoms with E-state index in [0.29, 0.717) is 5.92 Å². The van der Waals surface area contributed by atoms with Gasteiger partial charge in [0.1, 0.15) is 6.33 Å². The Bertz CT molecular complexity index is 1150.